The molecule has 1 aromatic rings. The first-order valence-corrected chi connectivity index (χ1v) is 9.43. The molecule has 0 unspecified atom stereocenters. The van der Waals surface area contributed by atoms with Crippen LogP contribution in [-0.2, 0) is 14.3 Å². The second-order valence-electron chi connectivity index (χ2n) is 6.51. The Hall–Kier alpha value is -2.78. The number of para-hydroxylation sites is 2. The van der Waals surface area contributed by atoms with Gasteiger partial charge in [0.05, 0.1) is 38.6 Å². The lowest BCUT2D eigenvalue weighted by Crippen LogP contribution is -3.14. The van der Waals surface area contributed by atoms with Crippen LogP contribution in [0.2, 0.25) is 0 Å². The molecule has 0 bridgehead atoms. The number of carbonyl (C=O) groups excluding carboxylic acids is 3. The first kappa shape index (κ1) is 20.0. The van der Waals surface area contributed by atoms with Crippen LogP contribution in [0.1, 0.15) is 6.92 Å². The molecule has 2 heterocycles. The minimum Gasteiger partial charge on any atom is -0.492 e. The molecule has 150 valence electrons. The lowest BCUT2D eigenvalue weighted by atomic mass is 10.1. The zero-order valence-electron chi connectivity index (χ0n) is 15.8. The summed E-state index contributed by atoms with van der Waals surface area (Å²) in [6.45, 7) is 6.81. The zero-order valence-corrected chi connectivity index (χ0v) is 15.8. The summed E-state index contributed by atoms with van der Waals surface area (Å²) >= 11 is 0. The summed E-state index contributed by atoms with van der Waals surface area (Å²) in [6, 6.07) is 5.93. The fourth-order valence-corrected chi connectivity index (χ4v) is 3.18. The van der Waals surface area contributed by atoms with Gasteiger partial charge in [0, 0.05) is 6.21 Å². The molecule has 0 spiro atoms. The van der Waals surface area contributed by atoms with E-state index in [-0.39, 0.29) is 0 Å². The van der Waals surface area contributed by atoms with Crippen molar-refractivity contribution in [2.24, 2.45) is 10.9 Å². The largest absolute Gasteiger partial charge is 0.492 e. The van der Waals surface area contributed by atoms with Gasteiger partial charge in [0.2, 0.25) is 5.91 Å². The molecule has 0 aliphatic carbocycles. The molecule has 2 fully saturated rings. The molecule has 2 aliphatic heterocycles. The van der Waals surface area contributed by atoms with Crippen molar-refractivity contribution in [3.8, 4) is 5.75 Å². The van der Waals surface area contributed by atoms with Gasteiger partial charge in [-0.15, -0.1) is 0 Å². The first-order valence-electron chi connectivity index (χ1n) is 9.43. The van der Waals surface area contributed by atoms with Crippen molar-refractivity contribution in [3.63, 3.8) is 0 Å². The van der Waals surface area contributed by atoms with Crippen molar-refractivity contribution < 1.29 is 28.8 Å². The third kappa shape index (κ3) is 4.55. The number of morpholine rings is 1. The van der Waals surface area contributed by atoms with Gasteiger partial charge in [-0.05, 0) is 19.1 Å². The van der Waals surface area contributed by atoms with Gasteiger partial charge in [-0.2, -0.15) is 0 Å². The van der Waals surface area contributed by atoms with Crippen molar-refractivity contribution in [2.75, 3.05) is 50.9 Å². The smallest absolute Gasteiger partial charge is 0.335 e. The molecular formula is C19H25N4O5+. The number of barbiturate groups is 1. The highest BCUT2D eigenvalue weighted by Gasteiger charge is 2.41. The summed E-state index contributed by atoms with van der Waals surface area (Å²) in [5, 5.41) is 2.23. The van der Waals surface area contributed by atoms with E-state index in [0.717, 1.165) is 37.7 Å². The van der Waals surface area contributed by atoms with Crippen LogP contribution in [0.25, 0.3) is 0 Å². The van der Waals surface area contributed by atoms with Gasteiger partial charge in [0.1, 0.15) is 18.8 Å². The Labute approximate surface area is 163 Å². The lowest BCUT2D eigenvalue weighted by Gasteiger charge is -2.29. The van der Waals surface area contributed by atoms with Gasteiger partial charge in [0.15, 0.2) is 5.92 Å². The summed E-state index contributed by atoms with van der Waals surface area (Å²) in [7, 11) is 0. The number of quaternary nitrogens is 1. The van der Waals surface area contributed by atoms with E-state index in [9.17, 15) is 14.4 Å². The van der Waals surface area contributed by atoms with Crippen LogP contribution in [0.3, 0.4) is 0 Å². The first-order chi connectivity index (χ1) is 13.6. The van der Waals surface area contributed by atoms with E-state index in [0.29, 0.717) is 24.6 Å². The summed E-state index contributed by atoms with van der Waals surface area (Å²) in [5.41, 5.74) is 0.301. The molecule has 2 saturated heterocycles. The highest BCUT2D eigenvalue weighted by molar-refractivity contribution is 6.32. The highest BCUT2D eigenvalue weighted by Crippen LogP contribution is 2.30. The number of carbonyl (C=O) groups is 3. The Morgan fingerprint density at radius 3 is 2.79 bits per heavy atom. The topological polar surface area (TPSA) is 102 Å². The minimum atomic E-state index is -1.15. The van der Waals surface area contributed by atoms with Crippen LogP contribution in [0.15, 0.2) is 29.3 Å². The SMILES string of the molecule is CCOc1ccccc1N1C(=O)NC(=O)[C@@H](C=NCC[NH+]2CCOCC2)C1=O. The fourth-order valence-electron chi connectivity index (χ4n) is 3.18. The Balaban J connectivity index is 1.70. The normalized spacial score (nSPS) is 21.2. The van der Waals surface area contributed by atoms with Crippen LogP contribution < -0.4 is 19.9 Å². The van der Waals surface area contributed by atoms with E-state index < -0.39 is 23.8 Å². The third-order valence-corrected chi connectivity index (χ3v) is 4.66. The summed E-state index contributed by atoms with van der Waals surface area (Å²) in [5.74, 6) is -2.05. The van der Waals surface area contributed by atoms with Gasteiger partial charge < -0.3 is 14.4 Å². The number of hydrogen-bond acceptors (Lipinski definition) is 6. The predicted octanol–water partition coefficient (Wildman–Crippen LogP) is -0.730. The second kappa shape index (κ2) is 9.43. The highest BCUT2D eigenvalue weighted by atomic mass is 16.5. The van der Waals surface area contributed by atoms with Gasteiger partial charge in [0.25, 0.3) is 5.91 Å². The van der Waals surface area contributed by atoms with Crippen molar-refractivity contribution in [2.45, 2.75) is 6.92 Å². The molecular weight excluding hydrogens is 364 g/mol. The quantitative estimate of drug-likeness (QED) is 0.473. The second-order valence-corrected chi connectivity index (χ2v) is 6.51. The number of benzene rings is 1. The van der Waals surface area contributed by atoms with Crippen LogP contribution in [0.5, 0.6) is 5.75 Å². The Morgan fingerprint density at radius 2 is 2.04 bits per heavy atom. The van der Waals surface area contributed by atoms with E-state index in [1.54, 1.807) is 24.3 Å². The maximum Gasteiger partial charge on any atom is 0.335 e. The number of amides is 4. The summed E-state index contributed by atoms with van der Waals surface area (Å²) in [6.07, 6.45) is 1.33. The van der Waals surface area contributed by atoms with Gasteiger partial charge in [-0.25, -0.2) is 9.69 Å². The monoisotopic (exact) mass is 389 g/mol. The van der Waals surface area contributed by atoms with Crippen molar-refractivity contribution in [1.82, 2.24) is 5.32 Å². The standard InChI is InChI=1S/C19H24N4O5/c1-2-28-16-6-4-3-5-15(16)23-18(25)14(17(24)21-19(23)26)13-20-7-8-22-9-11-27-12-10-22/h3-6,13-14H,2,7-12H2,1H3,(H,21,24,26)/p+1/t14-/m1/s1. The molecule has 0 radical (unpaired) electrons. The van der Waals surface area contributed by atoms with Gasteiger partial charge in [-0.3, -0.25) is 19.9 Å². The average molecular weight is 389 g/mol. The molecule has 1 aromatic carbocycles. The van der Waals surface area contributed by atoms with Crippen molar-refractivity contribution >= 4 is 29.7 Å². The van der Waals surface area contributed by atoms with Crippen molar-refractivity contribution in [3.05, 3.63) is 24.3 Å². The number of nitrogens with one attached hydrogen (secondary N) is 2. The fraction of sp³-hybridized carbons (Fsp3) is 0.474. The number of ether oxygens (including phenoxy) is 2. The number of rotatable bonds is 7. The molecule has 9 nitrogen and oxygen atoms in total. The van der Waals surface area contributed by atoms with Crippen LogP contribution in [-0.4, -0.2) is 70.1 Å². The van der Waals surface area contributed by atoms with E-state index in [1.807, 2.05) is 6.92 Å². The Morgan fingerprint density at radius 1 is 1.29 bits per heavy atom. The van der Waals surface area contributed by atoms with E-state index in [4.69, 9.17) is 9.47 Å². The number of urea groups is 1. The number of anilines is 1. The molecule has 9 heteroatoms. The maximum atomic E-state index is 12.9. The van der Waals surface area contributed by atoms with E-state index in [2.05, 4.69) is 10.3 Å². The Kier molecular flexibility index (Phi) is 6.72. The summed E-state index contributed by atoms with van der Waals surface area (Å²) < 4.78 is 10.8. The third-order valence-electron chi connectivity index (χ3n) is 4.66. The van der Waals surface area contributed by atoms with Gasteiger partial charge in [-0.1, -0.05) is 12.1 Å². The molecule has 2 aliphatic rings. The lowest BCUT2D eigenvalue weighted by molar-refractivity contribution is -0.906. The number of aliphatic imine (C=N–C) groups is 1. The average Bonchev–Trinajstić information content (AvgIpc) is 2.69. The molecule has 3 rings (SSSR count). The Bertz CT molecular complexity index is 760. The predicted molar refractivity (Wildman–Crippen MR) is 102 cm³/mol. The van der Waals surface area contributed by atoms with E-state index >= 15 is 0 Å². The molecule has 28 heavy (non-hydrogen) atoms. The van der Waals surface area contributed by atoms with Crippen molar-refractivity contribution in [1.29, 1.82) is 0 Å². The zero-order chi connectivity index (χ0) is 19.9. The molecule has 0 aromatic heterocycles. The van der Waals surface area contributed by atoms with E-state index in [1.165, 1.54) is 11.1 Å². The number of imide groups is 2. The van der Waals surface area contributed by atoms with Crippen LogP contribution in [0, 0.1) is 5.92 Å². The van der Waals surface area contributed by atoms with Crippen LogP contribution in [0.4, 0.5) is 10.5 Å². The molecule has 4 amide bonds. The molecule has 0 saturated carbocycles. The molecule has 1 atom stereocenters. The van der Waals surface area contributed by atoms with Crippen LogP contribution >= 0.6 is 0 Å². The number of nitrogens with zero attached hydrogens (tertiary/aromatic N) is 2. The minimum absolute atomic E-state index is 0.301. The van der Waals surface area contributed by atoms with Gasteiger partial charge >= 0.3 is 6.03 Å². The number of hydrogen-bond donors (Lipinski definition) is 2. The summed E-state index contributed by atoms with van der Waals surface area (Å²) in [4.78, 5) is 43.9. The maximum absolute atomic E-state index is 12.9. The molecule has 2 N–H and O–H groups in total.